The number of para-hydroxylation sites is 1. The minimum absolute atomic E-state index is 0.00148. The van der Waals surface area contributed by atoms with Gasteiger partial charge >= 0.3 is 0 Å². The molecule has 35 nitrogen and oxygen atoms in total. The number of H-pyrrole nitrogens is 2. The van der Waals surface area contributed by atoms with Crippen molar-refractivity contribution in [3.05, 3.63) is 77.7 Å². The molecule has 0 unspecified atom stereocenters. The summed E-state index contributed by atoms with van der Waals surface area (Å²) in [7, 11) is -3.91. The molecule has 5 rings (SSSR count). The Kier molecular flexibility index (Phi) is 43.5. The van der Waals surface area contributed by atoms with Crippen LogP contribution in [0.15, 0.2) is 65.8 Å². The van der Waals surface area contributed by atoms with Gasteiger partial charge in [-0.05, 0) is 81.4 Å². The Morgan fingerprint density at radius 2 is 1.29 bits per heavy atom. The van der Waals surface area contributed by atoms with Gasteiger partial charge in [-0.1, -0.05) is 144 Å². The first kappa shape index (κ1) is 91.1. The van der Waals surface area contributed by atoms with Gasteiger partial charge in [-0.3, -0.25) is 67.8 Å². The number of hydrogen-bond donors (Lipinski definition) is 16. The summed E-state index contributed by atoms with van der Waals surface area (Å²) in [6.07, 6.45) is 18.0. The Hall–Kier alpha value is -9.52. The number of nitrogens with one attached hydrogen (secondary N) is 12. The summed E-state index contributed by atoms with van der Waals surface area (Å²) in [5.74, 6) is -7.61. The van der Waals surface area contributed by atoms with Crippen molar-refractivity contribution < 1.29 is 70.6 Å². The molecule has 0 saturated carbocycles. The number of aromatic amines is 2. The van der Waals surface area contributed by atoms with Gasteiger partial charge in [0.05, 0.1) is 38.2 Å². The van der Waals surface area contributed by atoms with Crippen molar-refractivity contribution in [2.24, 2.45) is 27.9 Å². The maximum absolute atomic E-state index is 14.7. The zero-order chi connectivity index (χ0) is 79.7. The fourth-order valence-corrected chi connectivity index (χ4v) is 13.4. The minimum Gasteiger partial charge on any atom is -0.377 e. The number of hydrogen-bond acceptors (Lipinski definition) is 21. The van der Waals surface area contributed by atoms with Crippen LogP contribution in [0.3, 0.4) is 0 Å². The Labute approximate surface area is 643 Å². The number of nitrogens with zero attached hydrogens (tertiary/aromatic N) is 4. The number of aromatic nitrogens is 5. The SMILES string of the molecule is CCCC[C@H](NCC(=O)COCCOCCNC(=O)CCCS(=O)(=O)NC(=O)CCCCCCCCCCCCCCCc1nn[nH]n1)C(=O)N[C@H]1CCC(=O)NCCCC[C@@H](C(N)=O)NC(=O)[C@H](Cc2c[nH]c3ccccc23)NC(=O)[C@H](CCCN=C(N)N)NC(=O)[C@@H](Cc2ccccc2)NC(=O)[C@H](CN)NC1=O. The van der Waals surface area contributed by atoms with E-state index in [0.717, 1.165) is 55.3 Å². The van der Waals surface area contributed by atoms with Crippen molar-refractivity contribution in [2.45, 2.75) is 235 Å². The molecule has 1 aliphatic heterocycles. The number of sulfonamides is 1. The Morgan fingerprint density at radius 3 is 1.97 bits per heavy atom. The molecule has 0 bridgehead atoms. The highest BCUT2D eigenvalue weighted by atomic mass is 32.2. The molecule has 2 aromatic carbocycles. The lowest BCUT2D eigenvalue weighted by Crippen LogP contribution is -2.61. The van der Waals surface area contributed by atoms with E-state index in [1.54, 1.807) is 36.5 Å². The topological polar surface area (TPSA) is 547 Å². The number of unbranched alkanes of at least 4 members (excludes halogenated alkanes) is 13. The monoisotopic (exact) mass is 1560 g/mol. The minimum atomic E-state index is -3.91. The van der Waals surface area contributed by atoms with Crippen LogP contribution in [0.25, 0.3) is 10.9 Å². The fourth-order valence-electron chi connectivity index (χ4n) is 12.3. The van der Waals surface area contributed by atoms with Crippen LogP contribution in [0, 0.1) is 0 Å². The number of benzene rings is 2. The molecule has 1 aliphatic rings. The van der Waals surface area contributed by atoms with Gasteiger partial charge in [0.15, 0.2) is 17.6 Å². The summed E-state index contributed by atoms with van der Waals surface area (Å²) in [5.41, 5.74) is 25.2. The van der Waals surface area contributed by atoms with Crippen molar-refractivity contribution in [3.8, 4) is 0 Å². The first-order valence-electron chi connectivity index (χ1n) is 38.7. The maximum Gasteiger partial charge on any atom is 0.244 e. The predicted molar refractivity (Wildman–Crippen MR) is 413 cm³/mol. The van der Waals surface area contributed by atoms with Crippen LogP contribution in [0.2, 0.25) is 0 Å². The lowest BCUT2D eigenvalue weighted by Gasteiger charge is -2.28. The van der Waals surface area contributed by atoms with Crippen LogP contribution < -0.4 is 75.5 Å². The molecule has 1 saturated heterocycles. The number of fused-ring (bicyclic) bond motifs is 1. The van der Waals surface area contributed by atoms with E-state index in [0.29, 0.717) is 36.8 Å². The summed E-state index contributed by atoms with van der Waals surface area (Å²) in [6.45, 7) is 1.07. The number of nitrogens with two attached hydrogens (primary N) is 4. The fraction of sp³-hybridized carbons (Fsp3) is 0.635. The van der Waals surface area contributed by atoms with E-state index in [-0.39, 0.29) is 136 Å². The van der Waals surface area contributed by atoms with Crippen molar-refractivity contribution in [3.63, 3.8) is 0 Å². The number of aryl methyl sites for hydroxylation is 1. The number of rotatable bonds is 47. The van der Waals surface area contributed by atoms with Gasteiger partial charge in [0.2, 0.25) is 69.1 Å². The van der Waals surface area contributed by atoms with Gasteiger partial charge < -0.3 is 79.9 Å². The average molecular weight is 1560 g/mol. The Balaban J connectivity index is 1.10. The number of primary amides is 1. The second kappa shape index (κ2) is 52.6. The molecule has 1 fully saturated rings. The first-order chi connectivity index (χ1) is 53.0. The summed E-state index contributed by atoms with van der Waals surface area (Å²) >= 11 is 0. The predicted octanol–water partition coefficient (Wildman–Crippen LogP) is 0.750. The Morgan fingerprint density at radius 1 is 0.664 bits per heavy atom. The van der Waals surface area contributed by atoms with Crippen molar-refractivity contribution in [2.75, 3.05) is 64.9 Å². The van der Waals surface area contributed by atoms with Gasteiger partial charge in [-0.15, -0.1) is 10.2 Å². The molecule has 36 heteroatoms. The number of ether oxygens (including phenoxy) is 2. The number of amides is 10. The quantitative estimate of drug-likeness (QED) is 0.0165. The normalized spacial score (nSPS) is 18.4. The maximum atomic E-state index is 14.7. The molecule has 4 aromatic rings. The van der Waals surface area contributed by atoms with Crippen molar-refractivity contribution in [1.29, 1.82) is 0 Å². The molecule has 20 N–H and O–H groups in total. The van der Waals surface area contributed by atoms with E-state index in [9.17, 15) is 61.2 Å². The molecular formula is C74H118N20O15S. The van der Waals surface area contributed by atoms with E-state index in [1.807, 2.05) is 31.2 Å². The smallest absolute Gasteiger partial charge is 0.244 e. The number of ketones is 1. The third kappa shape index (κ3) is 37.7. The van der Waals surface area contributed by atoms with Gasteiger partial charge in [0.1, 0.15) is 42.9 Å². The van der Waals surface area contributed by atoms with Crippen molar-refractivity contribution in [1.82, 2.24) is 78.2 Å². The zero-order valence-electron chi connectivity index (χ0n) is 63.5. The number of tetrazole rings is 1. The zero-order valence-corrected chi connectivity index (χ0v) is 64.3. The third-order valence-corrected chi connectivity index (χ3v) is 19.8. The second-order valence-corrected chi connectivity index (χ2v) is 29.4. The molecule has 610 valence electrons. The third-order valence-electron chi connectivity index (χ3n) is 18.5. The summed E-state index contributed by atoms with van der Waals surface area (Å²) in [5, 5.41) is 39.3. The average Bonchev–Trinajstić information content (AvgIpc) is 1.64. The second-order valence-electron chi connectivity index (χ2n) is 27.6. The van der Waals surface area contributed by atoms with E-state index in [1.165, 1.54) is 44.9 Å². The van der Waals surface area contributed by atoms with E-state index >= 15 is 0 Å². The summed E-state index contributed by atoms with van der Waals surface area (Å²) in [6, 6.07) is 6.46. The molecule has 10 amide bonds. The molecule has 110 heavy (non-hydrogen) atoms. The Bertz CT molecular complexity index is 3620. The number of carbonyl (C=O) groups excluding carboxylic acids is 11. The number of carbonyl (C=O) groups is 11. The summed E-state index contributed by atoms with van der Waals surface area (Å²) in [4.78, 5) is 158. The lowest BCUT2D eigenvalue weighted by molar-refractivity contribution is -0.135. The van der Waals surface area contributed by atoms with Crippen LogP contribution in [-0.4, -0.2) is 212 Å². The first-order valence-corrected chi connectivity index (χ1v) is 40.3. The van der Waals surface area contributed by atoms with Crippen LogP contribution in [0.1, 0.15) is 191 Å². The lowest BCUT2D eigenvalue weighted by atomic mass is 10.0. The van der Waals surface area contributed by atoms with Crippen molar-refractivity contribution >= 4 is 91.7 Å². The molecular weight excluding hydrogens is 1440 g/mol. The van der Waals surface area contributed by atoms with E-state index in [2.05, 4.69) is 83.2 Å². The van der Waals surface area contributed by atoms with Gasteiger partial charge in [-0.25, -0.2) is 8.42 Å². The highest BCUT2D eigenvalue weighted by Crippen LogP contribution is 2.21. The highest BCUT2D eigenvalue weighted by Gasteiger charge is 2.35. The highest BCUT2D eigenvalue weighted by molar-refractivity contribution is 7.90. The van der Waals surface area contributed by atoms with Gasteiger partial charge in [0.25, 0.3) is 0 Å². The largest absolute Gasteiger partial charge is 0.377 e. The number of aliphatic imine (C=N–C) groups is 1. The number of Topliss-reactive ketones (excluding diaryl/α,β-unsaturated/α-hetero) is 1. The standard InChI is InChI=1S/C74H118N20O15S/c1-2-3-29-57(83-49-53(95)50-109-43-42-108-41-40-80-64(96)35-25-44-110(106,107)92-66(98)34-19-14-12-10-8-6-4-5-7-9-11-13-18-33-63-90-93-94-91-63)68(100)86-59-36-37-65(97)79-38-23-22-31-56(67(76)99)84-72(104)61(46-52-48-82-55-30-21-20-28-54(52)55)88-69(101)58(32-24-39-81-74(77)78)85-71(103)60(45-51-26-16-15-17-27-51)87-73(105)62(47-75)89-70(59)102/h15-17,20-21,26-28,30,48,56-62,82-83H,2-14,18-19,22-25,29,31-47,49-50,75H2,1H3,(H2,76,99)(H,79,97)(H,80,96)(H,84,104)(H,85,103)(H,86,100)(H,87,105)(H,88,101)(H,89,102)(H,92,98)(H4,77,78,81)(H,90,91,93,94)/t56-,57-,58-,59-,60+,61-,62-/m0/s1. The number of guanidine groups is 1. The molecule has 0 aliphatic carbocycles. The molecule has 0 spiro atoms. The summed E-state index contributed by atoms with van der Waals surface area (Å²) < 4.78 is 38.2. The molecule has 3 heterocycles. The molecule has 0 radical (unpaired) electrons. The van der Waals surface area contributed by atoms with Crippen LogP contribution >= 0.6 is 0 Å². The van der Waals surface area contributed by atoms with Crippen LogP contribution in [0.5, 0.6) is 0 Å². The molecule has 7 atom stereocenters. The van der Waals surface area contributed by atoms with E-state index < -0.39 is 129 Å². The van der Waals surface area contributed by atoms with E-state index in [4.69, 9.17) is 32.4 Å². The van der Waals surface area contributed by atoms with Gasteiger partial charge in [0, 0.05) is 81.8 Å². The van der Waals surface area contributed by atoms with Crippen LogP contribution in [0.4, 0.5) is 0 Å². The van der Waals surface area contributed by atoms with Crippen LogP contribution in [-0.2, 0) is 91.5 Å². The van der Waals surface area contributed by atoms with Gasteiger partial charge in [-0.2, -0.15) is 5.21 Å². The molecule has 2 aromatic heterocycles.